The average molecular weight is 375 g/mol. The van der Waals surface area contributed by atoms with Crippen LogP contribution in [0, 0.1) is 6.92 Å². The molecular formula is C22H25N5O. The number of benzene rings is 1. The lowest BCUT2D eigenvalue weighted by atomic mass is 10.1. The van der Waals surface area contributed by atoms with Crippen molar-refractivity contribution in [3.05, 3.63) is 66.1 Å². The second kappa shape index (κ2) is 8.25. The van der Waals surface area contributed by atoms with E-state index in [9.17, 15) is 4.79 Å². The standard InChI is InChI=1S/C22H25N5O/c1-17-4-6-18(7-5-17)15-25-21(28)16-27-13-10-24-22(27)19-8-9-23-20(14-19)26-11-2-3-12-26/h4-10,13-14H,2-3,11-12,15-16H2,1H3,(H,25,28). The third-order valence-corrected chi connectivity index (χ3v) is 5.07. The highest BCUT2D eigenvalue weighted by molar-refractivity contribution is 5.76. The molecule has 1 aliphatic rings. The summed E-state index contributed by atoms with van der Waals surface area (Å²) in [7, 11) is 0. The second-order valence-electron chi connectivity index (χ2n) is 7.24. The molecule has 0 radical (unpaired) electrons. The summed E-state index contributed by atoms with van der Waals surface area (Å²) in [5.74, 6) is 1.73. The SMILES string of the molecule is Cc1ccc(CNC(=O)Cn2ccnc2-c2ccnc(N3CCCC3)c2)cc1. The molecule has 1 N–H and O–H groups in total. The molecule has 3 aromatic rings. The minimum atomic E-state index is -0.0337. The Morgan fingerprint density at radius 2 is 1.86 bits per heavy atom. The minimum absolute atomic E-state index is 0.0337. The Morgan fingerprint density at radius 3 is 2.64 bits per heavy atom. The van der Waals surface area contributed by atoms with Gasteiger partial charge in [0.25, 0.3) is 0 Å². The van der Waals surface area contributed by atoms with Crippen LogP contribution in [0.2, 0.25) is 0 Å². The van der Waals surface area contributed by atoms with Crippen LogP contribution in [0.1, 0.15) is 24.0 Å². The topological polar surface area (TPSA) is 63.1 Å². The zero-order chi connectivity index (χ0) is 19.3. The Labute approximate surface area is 165 Å². The Bertz CT molecular complexity index is 942. The fourth-order valence-corrected chi connectivity index (χ4v) is 3.49. The number of amides is 1. The molecule has 3 heterocycles. The molecule has 2 aromatic heterocycles. The highest BCUT2D eigenvalue weighted by Crippen LogP contribution is 2.24. The lowest BCUT2D eigenvalue weighted by Gasteiger charge is -2.17. The van der Waals surface area contributed by atoms with Crippen molar-refractivity contribution in [2.45, 2.75) is 32.9 Å². The van der Waals surface area contributed by atoms with E-state index in [4.69, 9.17) is 0 Å². The predicted molar refractivity (Wildman–Crippen MR) is 110 cm³/mol. The number of carbonyl (C=O) groups excluding carboxylic acids is 1. The van der Waals surface area contributed by atoms with Crippen molar-refractivity contribution in [2.75, 3.05) is 18.0 Å². The summed E-state index contributed by atoms with van der Waals surface area (Å²) < 4.78 is 1.88. The predicted octanol–water partition coefficient (Wildman–Crippen LogP) is 3.17. The van der Waals surface area contributed by atoms with Crippen molar-refractivity contribution in [1.29, 1.82) is 0 Å². The van der Waals surface area contributed by atoms with E-state index in [1.54, 1.807) is 6.20 Å². The van der Waals surface area contributed by atoms with Crippen LogP contribution in [0.3, 0.4) is 0 Å². The zero-order valence-electron chi connectivity index (χ0n) is 16.1. The summed E-state index contributed by atoms with van der Waals surface area (Å²) in [6, 6.07) is 12.2. The molecule has 0 spiro atoms. The number of nitrogens with one attached hydrogen (secondary N) is 1. The van der Waals surface area contributed by atoms with Gasteiger partial charge in [0, 0.05) is 43.8 Å². The van der Waals surface area contributed by atoms with E-state index in [-0.39, 0.29) is 12.5 Å². The minimum Gasteiger partial charge on any atom is -0.357 e. The van der Waals surface area contributed by atoms with E-state index in [2.05, 4.69) is 45.3 Å². The number of rotatable bonds is 6. The van der Waals surface area contributed by atoms with Crippen LogP contribution in [0.15, 0.2) is 55.0 Å². The molecule has 0 saturated carbocycles. The highest BCUT2D eigenvalue weighted by atomic mass is 16.1. The van der Waals surface area contributed by atoms with E-state index >= 15 is 0 Å². The number of anilines is 1. The average Bonchev–Trinajstić information content (AvgIpc) is 3.40. The van der Waals surface area contributed by atoms with Crippen LogP contribution >= 0.6 is 0 Å². The first-order valence-electron chi connectivity index (χ1n) is 9.74. The summed E-state index contributed by atoms with van der Waals surface area (Å²) in [6.45, 7) is 4.91. The number of pyridine rings is 1. The molecule has 1 aliphatic heterocycles. The molecule has 6 nitrogen and oxygen atoms in total. The summed E-state index contributed by atoms with van der Waals surface area (Å²) in [4.78, 5) is 23.7. The van der Waals surface area contributed by atoms with Gasteiger partial charge in [0.05, 0.1) is 0 Å². The van der Waals surface area contributed by atoms with Crippen molar-refractivity contribution >= 4 is 11.7 Å². The van der Waals surface area contributed by atoms with E-state index in [1.165, 1.54) is 18.4 Å². The number of nitrogens with zero attached hydrogens (tertiary/aromatic N) is 4. The maximum absolute atomic E-state index is 12.4. The third-order valence-electron chi connectivity index (χ3n) is 5.07. The van der Waals surface area contributed by atoms with Gasteiger partial charge in [0.1, 0.15) is 18.2 Å². The Hall–Kier alpha value is -3.15. The monoisotopic (exact) mass is 375 g/mol. The van der Waals surface area contributed by atoms with Crippen LogP contribution in [0.25, 0.3) is 11.4 Å². The van der Waals surface area contributed by atoms with Gasteiger partial charge in [-0.1, -0.05) is 29.8 Å². The highest BCUT2D eigenvalue weighted by Gasteiger charge is 2.16. The van der Waals surface area contributed by atoms with Gasteiger partial charge >= 0.3 is 0 Å². The molecular weight excluding hydrogens is 350 g/mol. The molecule has 1 fully saturated rings. The molecule has 4 rings (SSSR count). The van der Waals surface area contributed by atoms with Crippen LogP contribution in [0.4, 0.5) is 5.82 Å². The van der Waals surface area contributed by atoms with Gasteiger partial charge in [-0.3, -0.25) is 4.79 Å². The van der Waals surface area contributed by atoms with Gasteiger partial charge in [-0.25, -0.2) is 9.97 Å². The normalized spacial score (nSPS) is 13.7. The number of hydrogen-bond acceptors (Lipinski definition) is 4. The third kappa shape index (κ3) is 4.22. The number of aryl methyl sites for hydroxylation is 1. The van der Waals surface area contributed by atoms with E-state index in [0.29, 0.717) is 6.54 Å². The van der Waals surface area contributed by atoms with Crippen molar-refractivity contribution < 1.29 is 4.79 Å². The van der Waals surface area contributed by atoms with Gasteiger partial charge in [-0.05, 0) is 37.5 Å². The molecule has 144 valence electrons. The van der Waals surface area contributed by atoms with Crippen molar-refractivity contribution in [3.8, 4) is 11.4 Å². The first-order valence-corrected chi connectivity index (χ1v) is 9.74. The fraction of sp³-hybridized carbons (Fsp3) is 0.318. The molecule has 0 bridgehead atoms. The number of aromatic nitrogens is 3. The second-order valence-corrected chi connectivity index (χ2v) is 7.24. The van der Waals surface area contributed by atoms with Gasteiger partial charge in [-0.2, -0.15) is 0 Å². The van der Waals surface area contributed by atoms with Gasteiger partial charge in [-0.15, -0.1) is 0 Å². The summed E-state index contributed by atoms with van der Waals surface area (Å²) >= 11 is 0. The van der Waals surface area contributed by atoms with E-state index in [0.717, 1.165) is 35.9 Å². The summed E-state index contributed by atoms with van der Waals surface area (Å²) in [5.41, 5.74) is 3.28. The molecule has 1 saturated heterocycles. The molecule has 28 heavy (non-hydrogen) atoms. The van der Waals surface area contributed by atoms with E-state index in [1.807, 2.05) is 35.2 Å². The first-order chi connectivity index (χ1) is 13.7. The largest absolute Gasteiger partial charge is 0.357 e. The van der Waals surface area contributed by atoms with Crippen LogP contribution < -0.4 is 10.2 Å². The summed E-state index contributed by atoms with van der Waals surface area (Å²) in [5, 5.41) is 2.98. The molecule has 6 heteroatoms. The fourth-order valence-electron chi connectivity index (χ4n) is 3.49. The van der Waals surface area contributed by atoms with Crippen molar-refractivity contribution in [1.82, 2.24) is 19.9 Å². The summed E-state index contributed by atoms with van der Waals surface area (Å²) in [6.07, 6.45) is 7.82. The van der Waals surface area contributed by atoms with Crippen LogP contribution in [0.5, 0.6) is 0 Å². The Morgan fingerprint density at radius 1 is 1.07 bits per heavy atom. The molecule has 0 unspecified atom stereocenters. The first kappa shape index (κ1) is 18.2. The van der Waals surface area contributed by atoms with E-state index < -0.39 is 0 Å². The molecule has 0 atom stereocenters. The molecule has 1 amide bonds. The zero-order valence-corrected chi connectivity index (χ0v) is 16.1. The number of hydrogen-bond donors (Lipinski definition) is 1. The smallest absolute Gasteiger partial charge is 0.240 e. The van der Waals surface area contributed by atoms with Crippen LogP contribution in [-0.4, -0.2) is 33.5 Å². The quantitative estimate of drug-likeness (QED) is 0.719. The van der Waals surface area contributed by atoms with Gasteiger partial charge < -0.3 is 14.8 Å². The maximum atomic E-state index is 12.4. The van der Waals surface area contributed by atoms with Crippen molar-refractivity contribution in [3.63, 3.8) is 0 Å². The molecule has 0 aliphatic carbocycles. The lowest BCUT2D eigenvalue weighted by molar-refractivity contribution is -0.121. The number of carbonyl (C=O) groups is 1. The Balaban J connectivity index is 1.43. The molecule has 1 aromatic carbocycles. The maximum Gasteiger partial charge on any atom is 0.240 e. The number of imidazole rings is 1. The lowest BCUT2D eigenvalue weighted by Crippen LogP contribution is -2.27. The van der Waals surface area contributed by atoms with Crippen LogP contribution in [-0.2, 0) is 17.9 Å². The van der Waals surface area contributed by atoms with Gasteiger partial charge in [0.15, 0.2) is 0 Å². The Kier molecular flexibility index (Phi) is 5.37. The van der Waals surface area contributed by atoms with Crippen molar-refractivity contribution in [2.24, 2.45) is 0 Å². The van der Waals surface area contributed by atoms with Gasteiger partial charge in [0.2, 0.25) is 5.91 Å².